The van der Waals surface area contributed by atoms with Gasteiger partial charge in [0.2, 0.25) is 0 Å². The molecule has 2 nitrogen and oxygen atoms in total. The van der Waals surface area contributed by atoms with Gasteiger partial charge in [0.15, 0.2) is 0 Å². The van der Waals surface area contributed by atoms with Crippen LogP contribution in [0.1, 0.15) is 75.8 Å². The van der Waals surface area contributed by atoms with Crippen molar-refractivity contribution < 1.29 is 13.9 Å². The standard InChI is InChI=1S/C25H33FO2/c1-3-4-6-12-24(28-19-21-10-7-5-8-11-21)13-9-14-25(20(2)27)22-15-17-23(26)18-16-22/h5,7-8,10-11,15-18,24-25H,3-4,6,9,12-14,19H2,1-2H3. The van der Waals surface area contributed by atoms with Crippen LogP contribution in [-0.4, -0.2) is 11.9 Å². The molecular weight excluding hydrogens is 351 g/mol. The van der Waals surface area contributed by atoms with Crippen molar-refractivity contribution in [3.05, 3.63) is 71.5 Å². The molecule has 28 heavy (non-hydrogen) atoms. The molecule has 0 radical (unpaired) electrons. The molecule has 0 N–H and O–H groups in total. The molecule has 0 saturated heterocycles. The van der Waals surface area contributed by atoms with Crippen LogP contribution < -0.4 is 0 Å². The van der Waals surface area contributed by atoms with Crippen molar-refractivity contribution in [3.63, 3.8) is 0 Å². The van der Waals surface area contributed by atoms with Crippen LogP contribution >= 0.6 is 0 Å². The first-order valence-electron chi connectivity index (χ1n) is 10.5. The third-order valence-electron chi connectivity index (χ3n) is 5.24. The SMILES string of the molecule is CCCCCC(CCCC(C(C)=O)c1ccc(F)cc1)OCc1ccccc1. The Morgan fingerprint density at radius 3 is 2.25 bits per heavy atom. The molecule has 2 unspecified atom stereocenters. The first-order valence-corrected chi connectivity index (χ1v) is 10.5. The largest absolute Gasteiger partial charge is 0.374 e. The Morgan fingerprint density at radius 1 is 0.929 bits per heavy atom. The average molecular weight is 385 g/mol. The van der Waals surface area contributed by atoms with Crippen LogP contribution in [-0.2, 0) is 16.1 Å². The van der Waals surface area contributed by atoms with Gasteiger partial charge in [0.1, 0.15) is 11.6 Å². The number of hydrogen-bond donors (Lipinski definition) is 0. The molecular formula is C25H33FO2. The highest BCUT2D eigenvalue weighted by atomic mass is 19.1. The van der Waals surface area contributed by atoms with Crippen LogP contribution in [0.25, 0.3) is 0 Å². The molecule has 0 aliphatic heterocycles. The van der Waals surface area contributed by atoms with Gasteiger partial charge in [-0.15, -0.1) is 0 Å². The molecule has 0 amide bonds. The number of ether oxygens (including phenoxy) is 1. The van der Waals surface area contributed by atoms with E-state index in [2.05, 4.69) is 19.1 Å². The molecule has 2 aromatic carbocycles. The van der Waals surface area contributed by atoms with Gasteiger partial charge in [-0.25, -0.2) is 4.39 Å². The number of halogens is 1. The van der Waals surface area contributed by atoms with Crippen LogP contribution in [0.5, 0.6) is 0 Å². The fourth-order valence-corrected chi connectivity index (χ4v) is 3.57. The minimum absolute atomic E-state index is 0.138. The smallest absolute Gasteiger partial charge is 0.137 e. The second kappa shape index (κ2) is 12.5. The zero-order chi connectivity index (χ0) is 20.2. The highest BCUT2D eigenvalue weighted by Crippen LogP contribution is 2.25. The van der Waals surface area contributed by atoms with Gasteiger partial charge in [-0.05, 0) is 55.9 Å². The maximum absolute atomic E-state index is 13.2. The lowest BCUT2D eigenvalue weighted by Crippen LogP contribution is -2.15. The third-order valence-corrected chi connectivity index (χ3v) is 5.24. The van der Waals surface area contributed by atoms with Crippen molar-refractivity contribution in [1.29, 1.82) is 0 Å². The van der Waals surface area contributed by atoms with E-state index in [-0.39, 0.29) is 23.6 Å². The summed E-state index contributed by atoms with van der Waals surface area (Å²) in [6, 6.07) is 16.6. The maximum Gasteiger partial charge on any atom is 0.137 e. The fraction of sp³-hybridized carbons (Fsp3) is 0.480. The Morgan fingerprint density at radius 2 is 1.61 bits per heavy atom. The van der Waals surface area contributed by atoms with Gasteiger partial charge in [0.05, 0.1) is 12.7 Å². The van der Waals surface area contributed by atoms with Gasteiger partial charge in [0, 0.05) is 5.92 Å². The highest BCUT2D eigenvalue weighted by molar-refractivity contribution is 5.83. The first kappa shape index (κ1) is 22.3. The van der Waals surface area contributed by atoms with E-state index in [9.17, 15) is 9.18 Å². The number of carbonyl (C=O) groups is 1. The van der Waals surface area contributed by atoms with Gasteiger partial charge in [-0.1, -0.05) is 68.7 Å². The monoisotopic (exact) mass is 384 g/mol. The van der Waals surface area contributed by atoms with Gasteiger partial charge in [0.25, 0.3) is 0 Å². The number of ketones is 1. The van der Waals surface area contributed by atoms with Crippen LogP contribution in [0.2, 0.25) is 0 Å². The second-order valence-electron chi connectivity index (χ2n) is 7.56. The molecule has 0 fully saturated rings. The number of rotatable bonds is 13. The Kier molecular flexibility index (Phi) is 9.92. The Bertz CT molecular complexity index is 681. The number of carbonyl (C=O) groups excluding carboxylic acids is 1. The van der Waals surface area contributed by atoms with E-state index < -0.39 is 0 Å². The van der Waals surface area contributed by atoms with Gasteiger partial charge >= 0.3 is 0 Å². The van der Waals surface area contributed by atoms with Crippen LogP contribution in [0.3, 0.4) is 0 Å². The van der Waals surface area contributed by atoms with Gasteiger partial charge < -0.3 is 4.74 Å². The van der Waals surface area contributed by atoms with Crippen LogP contribution in [0.4, 0.5) is 4.39 Å². The summed E-state index contributed by atoms with van der Waals surface area (Å²) in [5.74, 6) is -0.290. The molecule has 152 valence electrons. The predicted molar refractivity (Wildman–Crippen MR) is 113 cm³/mol. The highest BCUT2D eigenvalue weighted by Gasteiger charge is 2.18. The zero-order valence-corrected chi connectivity index (χ0v) is 17.2. The van der Waals surface area contributed by atoms with Gasteiger partial charge in [-0.3, -0.25) is 4.79 Å². The van der Waals surface area contributed by atoms with Crippen molar-refractivity contribution in [2.75, 3.05) is 0 Å². The maximum atomic E-state index is 13.2. The molecule has 2 aromatic rings. The lowest BCUT2D eigenvalue weighted by Gasteiger charge is -2.20. The van der Waals surface area contributed by atoms with Crippen molar-refractivity contribution in [3.8, 4) is 0 Å². The summed E-state index contributed by atoms with van der Waals surface area (Å²) < 4.78 is 19.4. The molecule has 0 saturated carbocycles. The van der Waals surface area contributed by atoms with Crippen molar-refractivity contribution in [2.24, 2.45) is 0 Å². The summed E-state index contributed by atoms with van der Waals surface area (Å²) in [7, 11) is 0. The molecule has 0 bridgehead atoms. The van der Waals surface area contributed by atoms with E-state index >= 15 is 0 Å². The zero-order valence-electron chi connectivity index (χ0n) is 17.2. The molecule has 0 aromatic heterocycles. The lowest BCUT2D eigenvalue weighted by atomic mass is 9.89. The summed E-state index contributed by atoms with van der Waals surface area (Å²) in [6.45, 7) is 4.46. The van der Waals surface area contributed by atoms with Crippen molar-refractivity contribution in [1.82, 2.24) is 0 Å². The first-order chi connectivity index (χ1) is 13.6. The number of hydrogen-bond acceptors (Lipinski definition) is 2. The van der Waals surface area contributed by atoms with E-state index in [0.29, 0.717) is 6.61 Å². The number of Topliss-reactive ketones (excluding diaryl/α,β-unsaturated/α-hetero) is 1. The molecule has 2 atom stereocenters. The third kappa shape index (κ3) is 7.93. The van der Waals surface area contributed by atoms with Crippen molar-refractivity contribution >= 4 is 5.78 Å². The second-order valence-corrected chi connectivity index (χ2v) is 7.56. The summed E-state index contributed by atoms with van der Waals surface area (Å²) >= 11 is 0. The predicted octanol–water partition coefficient (Wildman–Crippen LogP) is 6.83. The van der Waals surface area contributed by atoms with E-state index in [1.54, 1.807) is 19.1 Å². The average Bonchev–Trinajstić information content (AvgIpc) is 2.70. The van der Waals surface area contributed by atoms with Crippen molar-refractivity contribution in [2.45, 2.75) is 77.4 Å². The molecule has 0 heterocycles. The Hall–Kier alpha value is -2.00. The molecule has 0 aliphatic rings. The quantitative estimate of drug-likeness (QED) is 0.354. The normalized spacial score (nSPS) is 13.2. The van der Waals surface area contributed by atoms with E-state index in [4.69, 9.17) is 4.74 Å². The summed E-state index contributed by atoms with van der Waals surface area (Å²) in [5.41, 5.74) is 2.09. The molecule has 0 aliphatic carbocycles. The Balaban J connectivity index is 1.88. The topological polar surface area (TPSA) is 26.3 Å². The van der Waals surface area contributed by atoms with E-state index in [1.165, 1.54) is 37.0 Å². The lowest BCUT2D eigenvalue weighted by molar-refractivity contribution is -0.118. The van der Waals surface area contributed by atoms with Crippen LogP contribution in [0, 0.1) is 5.82 Å². The number of benzene rings is 2. The molecule has 2 rings (SSSR count). The minimum atomic E-state index is -0.267. The number of unbranched alkanes of at least 4 members (excludes halogenated alkanes) is 2. The Labute approximate surface area is 169 Å². The summed E-state index contributed by atoms with van der Waals surface area (Å²) in [4.78, 5) is 12.1. The van der Waals surface area contributed by atoms with Gasteiger partial charge in [-0.2, -0.15) is 0 Å². The van der Waals surface area contributed by atoms with E-state index in [0.717, 1.165) is 31.2 Å². The molecule has 0 spiro atoms. The van der Waals surface area contributed by atoms with E-state index in [1.807, 2.05) is 18.2 Å². The minimum Gasteiger partial charge on any atom is -0.374 e. The molecule has 3 heteroatoms. The summed E-state index contributed by atoms with van der Waals surface area (Å²) in [6.07, 6.45) is 7.51. The van der Waals surface area contributed by atoms with Crippen LogP contribution in [0.15, 0.2) is 54.6 Å². The fourth-order valence-electron chi connectivity index (χ4n) is 3.57. The summed E-state index contributed by atoms with van der Waals surface area (Å²) in [5, 5.41) is 0.